The van der Waals surface area contributed by atoms with Gasteiger partial charge in [-0.2, -0.15) is 0 Å². The van der Waals surface area contributed by atoms with Crippen LogP contribution in [0.1, 0.15) is 50.4 Å². The fourth-order valence-corrected chi connectivity index (χ4v) is 5.34. The molecule has 1 saturated heterocycles. The molecule has 0 aromatic heterocycles. The zero-order chi connectivity index (χ0) is 18.5. The lowest BCUT2D eigenvalue weighted by Gasteiger charge is -2.41. The summed E-state index contributed by atoms with van der Waals surface area (Å²) in [6.07, 6.45) is 5.89. The molecule has 140 valence electrons. The van der Waals surface area contributed by atoms with E-state index in [4.69, 9.17) is 9.47 Å². The van der Waals surface area contributed by atoms with Crippen LogP contribution in [0.4, 0.5) is 0 Å². The Kier molecular flexibility index (Phi) is 4.24. The Morgan fingerprint density at radius 3 is 2.69 bits per heavy atom. The predicted octanol–water partition coefficient (Wildman–Crippen LogP) is 3.98. The normalized spacial score (nSPS) is 38.2. The third-order valence-corrected chi connectivity index (χ3v) is 6.80. The van der Waals surface area contributed by atoms with Crippen molar-refractivity contribution in [2.24, 2.45) is 23.7 Å². The largest absolute Gasteiger partial charge is 0.489 e. The monoisotopic (exact) mass is 356 g/mol. The second-order valence-electron chi connectivity index (χ2n) is 8.59. The minimum absolute atomic E-state index is 0.120. The molecule has 1 aromatic rings. The SMILES string of the molecule is CC(C)[C@@H]1C[C@@]23O[C@@]1(O)C=C(COc1ccc(C=O)cc1)C2CC[C@@H]3C. The van der Waals surface area contributed by atoms with Gasteiger partial charge in [0.05, 0.1) is 5.60 Å². The summed E-state index contributed by atoms with van der Waals surface area (Å²) in [5, 5.41) is 11.3. The number of hydrogen-bond acceptors (Lipinski definition) is 4. The van der Waals surface area contributed by atoms with Crippen molar-refractivity contribution in [2.45, 2.75) is 51.4 Å². The first-order chi connectivity index (χ1) is 12.4. The summed E-state index contributed by atoms with van der Waals surface area (Å²) in [5.74, 6) is 0.802. The van der Waals surface area contributed by atoms with Gasteiger partial charge < -0.3 is 14.6 Å². The number of aliphatic hydroxyl groups is 1. The molecule has 3 aliphatic rings. The second-order valence-corrected chi connectivity index (χ2v) is 8.59. The molecule has 2 fully saturated rings. The molecule has 0 radical (unpaired) electrons. The molecule has 5 atom stereocenters. The zero-order valence-corrected chi connectivity index (χ0v) is 15.8. The van der Waals surface area contributed by atoms with Crippen LogP contribution in [0, 0.1) is 23.7 Å². The summed E-state index contributed by atoms with van der Waals surface area (Å²) < 4.78 is 12.4. The van der Waals surface area contributed by atoms with E-state index in [1.165, 1.54) is 0 Å². The van der Waals surface area contributed by atoms with E-state index in [0.717, 1.165) is 36.9 Å². The Bertz CT molecular complexity index is 722. The fraction of sp³-hybridized carbons (Fsp3) is 0.591. The average molecular weight is 356 g/mol. The van der Waals surface area contributed by atoms with Gasteiger partial charge in [0.25, 0.3) is 0 Å². The Morgan fingerprint density at radius 2 is 2.04 bits per heavy atom. The Labute approximate surface area is 155 Å². The minimum Gasteiger partial charge on any atom is -0.489 e. The Morgan fingerprint density at radius 1 is 1.31 bits per heavy atom. The topological polar surface area (TPSA) is 55.8 Å². The van der Waals surface area contributed by atoms with Crippen molar-refractivity contribution in [3.63, 3.8) is 0 Å². The third kappa shape index (κ3) is 2.62. The third-order valence-electron chi connectivity index (χ3n) is 6.80. The highest BCUT2D eigenvalue weighted by atomic mass is 16.6. The summed E-state index contributed by atoms with van der Waals surface area (Å²) in [5.41, 5.74) is 1.54. The van der Waals surface area contributed by atoms with E-state index < -0.39 is 5.79 Å². The number of aldehydes is 1. The van der Waals surface area contributed by atoms with Crippen LogP contribution in [0.25, 0.3) is 0 Å². The van der Waals surface area contributed by atoms with Crippen LogP contribution < -0.4 is 4.74 Å². The molecule has 1 spiro atoms. The number of fused-ring (bicyclic) bond motifs is 1. The van der Waals surface area contributed by atoms with Crippen LogP contribution >= 0.6 is 0 Å². The molecule has 4 rings (SSSR count). The van der Waals surface area contributed by atoms with Gasteiger partial charge in [0.15, 0.2) is 5.79 Å². The highest BCUT2D eigenvalue weighted by Crippen LogP contribution is 2.62. The lowest BCUT2D eigenvalue weighted by Crippen LogP contribution is -2.47. The standard InChI is InChI=1S/C22H28O4/c1-14(2)20-11-21-15(3)4-9-19(21)17(10-22(20,24)26-21)13-25-18-7-5-16(12-23)6-8-18/h5-8,10,12,14-15,19-20,24H,4,9,11,13H2,1-3H3/t15-,19?,20-,21-,22-/m0/s1. The van der Waals surface area contributed by atoms with E-state index in [-0.39, 0.29) is 11.5 Å². The van der Waals surface area contributed by atoms with Gasteiger partial charge in [-0.25, -0.2) is 0 Å². The molecule has 2 heterocycles. The van der Waals surface area contributed by atoms with E-state index in [1.807, 2.05) is 18.2 Å². The maximum absolute atomic E-state index is 11.3. The second kappa shape index (κ2) is 6.21. The van der Waals surface area contributed by atoms with Crippen molar-refractivity contribution in [1.29, 1.82) is 0 Å². The molecular formula is C22H28O4. The quantitative estimate of drug-likeness (QED) is 0.640. The molecule has 2 aliphatic heterocycles. The van der Waals surface area contributed by atoms with Gasteiger partial charge >= 0.3 is 0 Å². The molecule has 26 heavy (non-hydrogen) atoms. The first-order valence-corrected chi connectivity index (χ1v) is 9.70. The van der Waals surface area contributed by atoms with Gasteiger partial charge in [-0.1, -0.05) is 20.8 Å². The molecule has 4 heteroatoms. The van der Waals surface area contributed by atoms with Crippen LogP contribution in [-0.4, -0.2) is 29.4 Å². The van der Waals surface area contributed by atoms with Gasteiger partial charge in [0.2, 0.25) is 0 Å². The summed E-state index contributed by atoms with van der Waals surface area (Å²) in [4.78, 5) is 10.8. The van der Waals surface area contributed by atoms with Crippen molar-refractivity contribution in [1.82, 2.24) is 0 Å². The Balaban J connectivity index is 1.60. The van der Waals surface area contributed by atoms with Gasteiger partial charge in [0.1, 0.15) is 18.6 Å². The van der Waals surface area contributed by atoms with Crippen LogP contribution in [-0.2, 0) is 4.74 Å². The maximum Gasteiger partial charge on any atom is 0.189 e. The van der Waals surface area contributed by atoms with Crippen LogP contribution in [0.5, 0.6) is 5.75 Å². The van der Waals surface area contributed by atoms with Crippen LogP contribution in [0.3, 0.4) is 0 Å². The van der Waals surface area contributed by atoms with Gasteiger partial charge in [-0.15, -0.1) is 0 Å². The summed E-state index contributed by atoms with van der Waals surface area (Å²) in [6, 6.07) is 7.14. The summed E-state index contributed by atoms with van der Waals surface area (Å²) in [6.45, 7) is 7.04. The van der Waals surface area contributed by atoms with Crippen molar-refractivity contribution >= 4 is 6.29 Å². The molecule has 0 amide bonds. The lowest BCUT2D eigenvalue weighted by molar-refractivity contribution is -0.234. The number of benzene rings is 1. The number of hydrogen-bond donors (Lipinski definition) is 1. The first-order valence-electron chi connectivity index (χ1n) is 9.70. The minimum atomic E-state index is -1.18. The van der Waals surface area contributed by atoms with E-state index in [9.17, 15) is 9.90 Å². The highest BCUT2D eigenvalue weighted by Gasteiger charge is 2.65. The fourth-order valence-electron chi connectivity index (χ4n) is 5.34. The first kappa shape index (κ1) is 17.7. The molecule has 1 saturated carbocycles. The molecule has 1 aromatic carbocycles. The van der Waals surface area contributed by atoms with Gasteiger partial charge in [-0.05, 0) is 67.0 Å². The van der Waals surface area contributed by atoms with Crippen molar-refractivity contribution < 1.29 is 19.4 Å². The van der Waals surface area contributed by atoms with E-state index in [0.29, 0.717) is 29.9 Å². The number of carbonyl (C=O) groups excluding carboxylic acids is 1. The molecule has 2 bridgehead atoms. The highest BCUT2D eigenvalue weighted by molar-refractivity contribution is 5.74. The van der Waals surface area contributed by atoms with Crippen molar-refractivity contribution in [2.75, 3.05) is 6.61 Å². The van der Waals surface area contributed by atoms with E-state index in [2.05, 4.69) is 20.8 Å². The van der Waals surface area contributed by atoms with E-state index >= 15 is 0 Å². The molecule has 1 unspecified atom stereocenters. The van der Waals surface area contributed by atoms with E-state index in [1.54, 1.807) is 12.1 Å². The number of ether oxygens (including phenoxy) is 2. The predicted molar refractivity (Wildman–Crippen MR) is 99.0 cm³/mol. The summed E-state index contributed by atoms with van der Waals surface area (Å²) in [7, 11) is 0. The molecule has 1 aliphatic carbocycles. The smallest absolute Gasteiger partial charge is 0.189 e. The van der Waals surface area contributed by atoms with Crippen molar-refractivity contribution in [3.05, 3.63) is 41.5 Å². The Hall–Kier alpha value is -1.65. The zero-order valence-electron chi connectivity index (χ0n) is 15.8. The molecule has 1 N–H and O–H groups in total. The average Bonchev–Trinajstić information content (AvgIpc) is 3.08. The molecular weight excluding hydrogens is 328 g/mol. The lowest BCUT2D eigenvalue weighted by atomic mass is 9.76. The summed E-state index contributed by atoms with van der Waals surface area (Å²) >= 11 is 0. The van der Waals surface area contributed by atoms with Gasteiger partial charge in [0, 0.05) is 17.4 Å². The van der Waals surface area contributed by atoms with Gasteiger partial charge in [-0.3, -0.25) is 4.79 Å². The van der Waals surface area contributed by atoms with Crippen LogP contribution in [0.2, 0.25) is 0 Å². The van der Waals surface area contributed by atoms with Crippen LogP contribution in [0.15, 0.2) is 35.9 Å². The number of carbonyl (C=O) groups is 1. The molecule has 4 nitrogen and oxygen atoms in total. The van der Waals surface area contributed by atoms with Crippen molar-refractivity contribution in [3.8, 4) is 5.75 Å². The maximum atomic E-state index is 11.3. The number of rotatable bonds is 5.